The average molecular weight is 837 g/mol. The summed E-state index contributed by atoms with van der Waals surface area (Å²) in [6.07, 6.45) is 10.9. The van der Waals surface area contributed by atoms with Crippen LogP contribution in [0.4, 0.5) is 0 Å². The number of benzene rings is 7. The minimum absolute atomic E-state index is 0.0380. The number of allylic oxidation sites excluding steroid dienone is 4. The fourth-order valence-electron chi connectivity index (χ4n) is 7.69. The van der Waals surface area contributed by atoms with Gasteiger partial charge in [0.25, 0.3) is 0 Å². The molecule has 0 fully saturated rings. The van der Waals surface area contributed by atoms with Gasteiger partial charge in [-0.1, -0.05) is 131 Å². The second kappa shape index (κ2) is 17.4. The Kier molecular flexibility index (Phi) is 12.4. The Morgan fingerprint density at radius 1 is 0.614 bits per heavy atom. The van der Waals surface area contributed by atoms with Crippen LogP contribution < -0.4 is 0 Å². The second-order valence-corrected chi connectivity index (χ2v) is 18.5. The topological polar surface area (TPSA) is 0 Å². The van der Waals surface area contributed by atoms with Gasteiger partial charge in [-0.25, -0.2) is 12.2 Å². The van der Waals surface area contributed by atoms with E-state index >= 15 is 0 Å². The molecule has 2 aliphatic rings. The van der Waals surface area contributed by atoms with Crippen LogP contribution in [-0.2, 0) is 41.5 Å². The van der Waals surface area contributed by atoms with Crippen molar-refractivity contribution in [2.24, 2.45) is 0 Å². The summed E-state index contributed by atoms with van der Waals surface area (Å²) in [5.74, 6) is 0. The molecule has 2 aliphatic carbocycles. The number of fused-ring (bicyclic) bond motifs is 4. The van der Waals surface area contributed by atoms with Crippen LogP contribution in [0.1, 0.15) is 81.3 Å². The molecule has 280 valence electrons. The molecule has 57 heavy (non-hydrogen) atoms. The van der Waals surface area contributed by atoms with Crippen molar-refractivity contribution in [3.05, 3.63) is 214 Å². The Morgan fingerprint density at radius 2 is 1.25 bits per heavy atom. The Bertz CT molecular complexity index is 2480. The van der Waals surface area contributed by atoms with Gasteiger partial charge in [0.1, 0.15) is 0 Å². The van der Waals surface area contributed by atoms with Gasteiger partial charge in [0, 0.05) is 0 Å². The molecule has 0 atom stereocenters. The van der Waals surface area contributed by atoms with Crippen LogP contribution in [0.15, 0.2) is 164 Å². The van der Waals surface area contributed by atoms with E-state index in [1.165, 1.54) is 105 Å². The Hall–Kier alpha value is -4.68. The van der Waals surface area contributed by atoms with Gasteiger partial charge in [-0.2, -0.15) is 6.08 Å². The van der Waals surface area contributed by atoms with E-state index in [0.29, 0.717) is 0 Å². The zero-order valence-electron chi connectivity index (χ0n) is 33.9. The minimum atomic E-state index is 0.0380. The van der Waals surface area contributed by atoms with Gasteiger partial charge in [-0.15, -0.1) is 35.2 Å². The molecule has 9 rings (SSSR count). The van der Waals surface area contributed by atoms with Gasteiger partial charge in [-0.3, -0.25) is 6.08 Å². The van der Waals surface area contributed by atoms with Crippen molar-refractivity contribution < 1.29 is 24.2 Å². The van der Waals surface area contributed by atoms with E-state index in [1.807, 2.05) is 30.4 Å². The molecular weight excluding hydrogens is 787 g/mol. The van der Waals surface area contributed by atoms with E-state index < -0.39 is 0 Å². The number of rotatable bonds is 4. The quantitative estimate of drug-likeness (QED) is 0.155. The number of halogens is 1. The smallest absolute Gasteiger partial charge is 0.109 e. The second-order valence-electron chi connectivity index (χ2n) is 16.8. The fraction of sp³-hybridized carbons (Fsp3) is 0.182. The predicted octanol–water partition coefficient (Wildman–Crippen LogP) is 14.9. The molecular formula is C55H49ClZr. The largest absolute Gasteiger partial charge is 0.273 e. The van der Waals surface area contributed by atoms with Gasteiger partial charge < -0.3 is 0 Å². The molecule has 0 saturated heterocycles. The van der Waals surface area contributed by atoms with Crippen LogP contribution in [0, 0.1) is 12.1 Å². The van der Waals surface area contributed by atoms with E-state index in [9.17, 15) is 0 Å². The molecule has 0 saturated carbocycles. The first-order valence-electron chi connectivity index (χ1n) is 19.8. The maximum Gasteiger partial charge on any atom is -0.109 e. The number of hydrogen-bond acceptors (Lipinski definition) is 0. The Morgan fingerprint density at radius 3 is 1.88 bits per heavy atom. The zero-order chi connectivity index (χ0) is 40.2. The van der Waals surface area contributed by atoms with Crippen LogP contribution in [-0.4, -0.2) is 3.21 Å². The molecule has 0 spiro atoms. The third-order valence-corrected chi connectivity index (χ3v) is 12.2. The van der Waals surface area contributed by atoms with Gasteiger partial charge in [0.05, 0.1) is 0 Å². The molecule has 0 N–H and O–H groups in total. The molecule has 0 unspecified atom stereocenters. The zero-order valence-corrected chi connectivity index (χ0v) is 37.1. The first-order chi connectivity index (χ1) is 27.4. The SMILES string of the molecule is CC(C)(C)c1cc2c([c-]c1-c1ccccc1)Cc1cc(-c3ccccc3)c(C(C)(C)C)cc1-2.Clc1cccc([C](=[Zr+2])c2cccc3ccccc23)c1.[C-]1=CC=CC1. The summed E-state index contributed by atoms with van der Waals surface area (Å²) in [7, 11) is 0. The maximum atomic E-state index is 6.09. The first kappa shape index (κ1) is 40.5. The monoisotopic (exact) mass is 834 g/mol. The predicted molar refractivity (Wildman–Crippen MR) is 242 cm³/mol. The summed E-state index contributed by atoms with van der Waals surface area (Å²) < 4.78 is 1.34. The molecule has 0 aliphatic heterocycles. The summed E-state index contributed by atoms with van der Waals surface area (Å²) in [5, 5.41) is 3.37. The van der Waals surface area contributed by atoms with Gasteiger partial charge in [0.2, 0.25) is 0 Å². The minimum Gasteiger partial charge on any atom is -0.273 e. The van der Waals surface area contributed by atoms with E-state index in [1.54, 1.807) is 0 Å². The van der Waals surface area contributed by atoms with E-state index in [-0.39, 0.29) is 10.8 Å². The molecule has 0 heterocycles. The molecule has 0 nitrogen and oxygen atoms in total. The number of hydrogen-bond donors (Lipinski definition) is 0. The molecule has 7 aromatic carbocycles. The van der Waals surface area contributed by atoms with Gasteiger partial charge >= 0.3 is 133 Å². The Labute approximate surface area is 360 Å². The first-order valence-corrected chi connectivity index (χ1v) is 21.4. The molecule has 0 bridgehead atoms. The van der Waals surface area contributed by atoms with E-state index in [4.69, 9.17) is 11.6 Å². The van der Waals surface area contributed by atoms with Crippen LogP contribution >= 0.6 is 11.6 Å². The molecule has 0 amide bonds. The van der Waals surface area contributed by atoms with Crippen molar-refractivity contribution in [1.29, 1.82) is 0 Å². The summed E-state index contributed by atoms with van der Waals surface area (Å²) in [6, 6.07) is 55.9. The molecule has 0 radical (unpaired) electrons. The third kappa shape index (κ3) is 9.39. The van der Waals surface area contributed by atoms with Crippen molar-refractivity contribution >= 4 is 25.6 Å². The van der Waals surface area contributed by atoms with Crippen LogP contribution in [0.25, 0.3) is 44.2 Å². The van der Waals surface area contributed by atoms with Gasteiger partial charge in [-0.05, 0) is 39.5 Å². The van der Waals surface area contributed by atoms with Crippen molar-refractivity contribution in [3.8, 4) is 33.4 Å². The van der Waals surface area contributed by atoms with Crippen molar-refractivity contribution in [1.82, 2.24) is 0 Å². The van der Waals surface area contributed by atoms with Crippen LogP contribution in [0.2, 0.25) is 5.02 Å². The average Bonchev–Trinajstić information content (AvgIpc) is 3.92. The van der Waals surface area contributed by atoms with Crippen LogP contribution in [0.5, 0.6) is 0 Å². The molecule has 0 aromatic heterocycles. The van der Waals surface area contributed by atoms with E-state index in [2.05, 4.69) is 187 Å². The fourth-order valence-corrected chi connectivity index (χ4v) is 8.79. The van der Waals surface area contributed by atoms with Gasteiger partial charge in [0.15, 0.2) is 0 Å². The Balaban J connectivity index is 0.000000172. The summed E-state index contributed by atoms with van der Waals surface area (Å²) in [4.78, 5) is 0. The van der Waals surface area contributed by atoms with Crippen molar-refractivity contribution in [3.63, 3.8) is 0 Å². The van der Waals surface area contributed by atoms with Crippen LogP contribution in [0.3, 0.4) is 0 Å². The normalized spacial score (nSPS) is 12.6. The van der Waals surface area contributed by atoms with E-state index in [0.717, 1.165) is 17.9 Å². The summed E-state index contributed by atoms with van der Waals surface area (Å²) >= 11 is 7.49. The molecule has 2 heteroatoms. The third-order valence-electron chi connectivity index (χ3n) is 10.6. The summed E-state index contributed by atoms with van der Waals surface area (Å²) in [5.41, 5.74) is 16.0. The standard InChI is InChI=1S/C33H33.C17H11Cl.C5H5.Zr/c1-32(2,3)30-20-26-24(18-28(30)22-13-9-7-10-14-22)17-25-19-29(23-15-11-8-12-16-23)31(21-27(25)26)33(4,5)6;18-16-9-3-5-13(12-16)11-15-8-4-7-14-6-1-2-10-17(14)15;1-2-4-5-3-1;/h7-16,18,20-21H,17H2,1-6H3;1-10,12H;1-3H,4H2;/q-1;;-1;+2. The maximum absolute atomic E-state index is 6.09. The van der Waals surface area contributed by atoms with Crippen molar-refractivity contribution in [2.75, 3.05) is 0 Å². The summed E-state index contributed by atoms with van der Waals surface area (Å²) in [6.45, 7) is 13.9. The van der Waals surface area contributed by atoms with Crippen molar-refractivity contribution in [2.45, 2.75) is 65.2 Å². The molecule has 7 aromatic rings.